The summed E-state index contributed by atoms with van der Waals surface area (Å²) >= 11 is 0. The number of nitrogens with zero attached hydrogens (tertiary/aromatic N) is 3. The molecular formula is C13H18N4O3. The SMILES string of the molecule is CN(CC(=O)NCC1(C(=O)O)CCC1)c1ncccn1. The molecule has 0 atom stereocenters. The van der Waals surface area contributed by atoms with E-state index in [0.29, 0.717) is 18.8 Å². The van der Waals surface area contributed by atoms with Crippen LogP contribution >= 0.6 is 0 Å². The maximum atomic E-state index is 11.8. The summed E-state index contributed by atoms with van der Waals surface area (Å²) in [7, 11) is 1.71. The summed E-state index contributed by atoms with van der Waals surface area (Å²) in [5.74, 6) is -0.601. The first kappa shape index (κ1) is 14.2. The highest BCUT2D eigenvalue weighted by molar-refractivity contribution is 5.82. The number of aliphatic carboxylic acids is 1. The molecule has 0 bridgehead atoms. The molecule has 1 saturated carbocycles. The first-order chi connectivity index (χ1) is 9.53. The van der Waals surface area contributed by atoms with Gasteiger partial charge in [0.15, 0.2) is 0 Å². The highest BCUT2D eigenvalue weighted by Gasteiger charge is 2.44. The smallest absolute Gasteiger partial charge is 0.311 e. The van der Waals surface area contributed by atoms with Crippen molar-refractivity contribution in [2.75, 3.05) is 25.0 Å². The molecule has 0 spiro atoms. The lowest BCUT2D eigenvalue weighted by molar-refractivity contribution is -0.154. The fraction of sp³-hybridized carbons (Fsp3) is 0.538. The van der Waals surface area contributed by atoms with E-state index in [0.717, 1.165) is 6.42 Å². The average Bonchev–Trinajstić information content (AvgIpc) is 2.38. The van der Waals surface area contributed by atoms with Crippen molar-refractivity contribution in [3.63, 3.8) is 0 Å². The van der Waals surface area contributed by atoms with E-state index < -0.39 is 11.4 Å². The zero-order valence-corrected chi connectivity index (χ0v) is 11.4. The number of hydrogen-bond acceptors (Lipinski definition) is 5. The number of carboxylic acids is 1. The van der Waals surface area contributed by atoms with Gasteiger partial charge in [-0.2, -0.15) is 0 Å². The predicted octanol–water partition coefficient (Wildman–Crippen LogP) is 0.284. The third-order valence-electron chi connectivity index (χ3n) is 3.66. The molecule has 7 heteroatoms. The van der Waals surface area contributed by atoms with Crippen LogP contribution in [0.4, 0.5) is 5.95 Å². The van der Waals surface area contributed by atoms with E-state index in [1.54, 1.807) is 30.4 Å². The largest absolute Gasteiger partial charge is 0.481 e. The number of carboxylic acid groups (broad SMARTS) is 1. The maximum Gasteiger partial charge on any atom is 0.311 e. The summed E-state index contributed by atoms with van der Waals surface area (Å²) in [6, 6.07) is 1.70. The first-order valence-corrected chi connectivity index (χ1v) is 6.52. The number of carbonyl (C=O) groups is 2. The van der Waals surface area contributed by atoms with Gasteiger partial charge in [0.25, 0.3) is 0 Å². The Balaban J connectivity index is 1.82. The number of nitrogens with one attached hydrogen (secondary N) is 1. The Labute approximate surface area is 117 Å². The number of hydrogen-bond donors (Lipinski definition) is 2. The molecule has 0 aromatic carbocycles. The normalized spacial score (nSPS) is 16.1. The van der Waals surface area contributed by atoms with Crippen LogP contribution in [0, 0.1) is 5.41 Å². The number of anilines is 1. The number of aromatic nitrogens is 2. The molecule has 0 radical (unpaired) electrons. The van der Waals surface area contributed by atoms with Gasteiger partial charge in [-0.1, -0.05) is 6.42 Å². The van der Waals surface area contributed by atoms with Gasteiger partial charge in [0.1, 0.15) is 0 Å². The molecule has 108 valence electrons. The Morgan fingerprint density at radius 1 is 1.40 bits per heavy atom. The molecule has 0 aliphatic heterocycles. The Kier molecular flexibility index (Phi) is 4.16. The Hall–Kier alpha value is -2.18. The van der Waals surface area contributed by atoms with Crippen molar-refractivity contribution >= 4 is 17.8 Å². The topological polar surface area (TPSA) is 95.4 Å². The van der Waals surface area contributed by atoms with Crippen LogP contribution < -0.4 is 10.2 Å². The summed E-state index contributed by atoms with van der Waals surface area (Å²) in [6.07, 6.45) is 5.36. The van der Waals surface area contributed by atoms with Crippen LogP contribution in [0.15, 0.2) is 18.5 Å². The van der Waals surface area contributed by atoms with Crippen molar-refractivity contribution < 1.29 is 14.7 Å². The van der Waals surface area contributed by atoms with Gasteiger partial charge in [-0.15, -0.1) is 0 Å². The third-order valence-corrected chi connectivity index (χ3v) is 3.66. The fourth-order valence-electron chi connectivity index (χ4n) is 2.17. The second-order valence-corrected chi connectivity index (χ2v) is 5.12. The van der Waals surface area contributed by atoms with E-state index in [-0.39, 0.29) is 19.0 Å². The zero-order chi connectivity index (χ0) is 14.6. The molecule has 1 fully saturated rings. The van der Waals surface area contributed by atoms with Crippen molar-refractivity contribution in [3.05, 3.63) is 18.5 Å². The van der Waals surface area contributed by atoms with Gasteiger partial charge in [-0.05, 0) is 18.9 Å². The van der Waals surface area contributed by atoms with Crippen LogP contribution in [0.1, 0.15) is 19.3 Å². The van der Waals surface area contributed by atoms with Crippen LogP contribution in [0.3, 0.4) is 0 Å². The van der Waals surface area contributed by atoms with Gasteiger partial charge in [-0.25, -0.2) is 9.97 Å². The molecule has 1 amide bonds. The standard InChI is InChI=1S/C13H18N4O3/c1-17(12-14-6-3-7-15-12)8-10(18)16-9-13(11(19)20)4-2-5-13/h3,6-7H,2,4-5,8-9H2,1H3,(H,16,18)(H,19,20). The maximum absolute atomic E-state index is 11.8. The lowest BCUT2D eigenvalue weighted by Gasteiger charge is -2.37. The molecule has 1 aliphatic carbocycles. The average molecular weight is 278 g/mol. The summed E-state index contributed by atoms with van der Waals surface area (Å²) in [5, 5.41) is 11.9. The van der Waals surface area contributed by atoms with Gasteiger partial charge >= 0.3 is 5.97 Å². The van der Waals surface area contributed by atoms with Gasteiger partial charge in [-0.3, -0.25) is 9.59 Å². The number of rotatable bonds is 6. The molecule has 7 nitrogen and oxygen atoms in total. The lowest BCUT2D eigenvalue weighted by Crippen LogP contribution is -2.49. The minimum absolute atomic E-state index is 0.0969. The summed E-state index contributed by atoms with van der Waals surface area (Å²) in [5.41, 5.74) is -0.766. The van der Waals surface area contributed by atoms with Gasteiger partial charge in [0, 0.05) is 26.0 Å². The van der Waals surface area contributed by atoms with Gasteiger partial charge in [0.2, 0.25) is 11.9 Å². The number of amides is 1. The van der Waals surface area contributed by atoms with E-state index in [1.165, 1.54) is 0 Å². The van der Waals surface area contributed by atoms with Crippen LogP contribution in [0.25, 0.3) is 0 Å². The van der Waals surface area contributed by atoms with Gasteiger partial charge < -0.3 is 15.3 Å². The van der Waals surface area contributed by atoms with E-state index in [1.807, 2.05) is 0 Å². The molecule has 1 aromatic rings. The molecule has 2 N–H and O–H groups in total. The Morgan fingerprint density at radius 3 is 2.55 bits per heavy atom. The number of likely N-dealkylation sites (N-methyl/N-ethyl adjacent to an activating group) is 1. The first-order valence-electron chi connectivity index (χ1n) is 6.52. The van der Waals surface area contributed by atoms with E-state index in [9.17, 15) is 14.7 Å². The van der Waals surface area contributed by atoms with Crippen LogP contribution in [-0.4, -0.2) is 47.1 Å². The highest BCUT2D eigenvalue weighted by Crippen LogP contribution is 2.40. The quantitative estimate of drug-likeness (QED) is 0.776. The molecule has 1 heterocycles. The van der Waals surface area contributed by atoms with E-state index in [2.05, 4.69) is 15.3 Å². The molecular weight excluding hydrogens is 260 g/mol. The summed E-state index contributed by atoms with van der Waals surface area (Å²) in [4.78, 5) is 32.7. The number of carbonyl (C=O) groups excluding carboxylic acids is 1. The minimum Gasteiger partial charge on any atom is -0.481 e. The molecule has 2 rings (SSSR count). The van der Waals surface area contributed by atoms with E-state index >= 15 is 0 Å². The van der Waals surface area contributed by atoms with Gasteiger partial charge in [0.05, 0.1) is 12.0 Å². The molecule has 1 aromatic heterocycles. The minimum atomic E-state index is -0.830. The predicted molar refractivity (Wildman–Crippen MR) is 72.2 cm³/mol. The second-order valence-electron chi connectivity index (χ2n) is 5.12. The second kappa shape index (κ2) is 5.85. The van der Waals surface area contributed by atoms with E-state index in [4.69, 9.17) is 0 Å². The molecule has 0 unspecified atom stereocenters. The van der Waals surface area contributed by atoms with Crippen LogP contribution in [0.5, 0.6) is 0 Å². The Bertz CT molecular complexity index is 488. The van der Waals surface area contributed by atoms with Crippen molar-refractivity contribution in [2.45, 2.75) is 19.3 Å². The molecule has 0 saturated heterocycles. The molecule has 20 heavy (non-hydrogen) atoms. The fourth-order valence-corrected chi connectivity index (χ4v) is 2.17. The summed E-state index contributed by atoms with van der Waals surface area (Å²) in [6.45, 7) is 0.282. The lowest BCUT2D eigenvalue weighted by atomic mass is 9.69. The Morgan fingerprint density at radius 2 is 2.05 bits per heavy atom. The highest BCUT2D eigenvalue weighted by atomic mass is 16.4. The van der Waals surface area contributed by atoms with Crippen molar-refractivity contribution in [1.82, 2.24) is 15.3 Å². The van der Waals surface area contributed by atoms with Crippen LogP contribution in [-0.2, 0) is 9.59 Å². The monoisotopic (exact) mass is 278 g/mol. The molecule has 1 aliphatic rings. The van der Waals surface area contributed by atoms with Crippen molar-refractivity contribution in [2.24, 2.45) is 5.41 Å². The van der Waals surface area contributed by atoms with Crippen molar-refractivity contribution in [3.8, 4) is 0 Å². The summed E-state index contributed by atoms with van der Waals surface area (Å²) < 4.78 is 0. The van der Waals surface area contributed by atoms with Crippen LogP contribution in [0.2, 0.25) is 0 Å². The third kappa shape index (κ3) is 3.04. The zero-order valence-electron chi connectivity index (χ0n) is 11.4. The van der Waals surface area contributed by atoms with Crippen molar-refractivity contribution in [1.29, 1.82) is 0 Å².